The fourth-order valence-corrected chi connectivity index (χ4v) is 12.0. The molecule has 0 N–H and O–H groups in total. The summed E-state index contributed by atoms with van der Waals surface area (Å²) in [6.45, 7) is 8.41. The average molecular weight is 765 g/mol. The Morgan fingerprint density at radius 1 is 1.11 bits per heavy atom. The number of halogens is 1. The van der Waals surface area contributed by atoms with Crippen LogP contribution in [0.4, 0.5) is 5.69 Å². The molecule has 3 fully saturated rings. The average Bonchev–Trinajstić information content (AvgIpc) is 3.25. The van der Waals surface area contributed by atoms with Crippen molar-refractivity contribution in [1.82, 2.24) is 9.80 Å². The van der Waals surface area contributed by atoms with Crippen molar-refractivity contribution in [3.05, 3.63) is 70.3 Å². The lowest BCUT2D eigenvalue weighted by atomic mass is 9.68. The van der Waals surface area contributed by atoms with Gasteiger partial charge >= 0.3 is 0 Å². The maximum absolute atomic E-state index is 14.7. The molecule has 53 heavy (non-hydrogen) atoms. The third-order valence-electron chi connectivity index (χ3n) is 12.7. The largest absolute Gasteiger partial charge is 0.490 e. The monoisotopic (exact) mass is 764 g/mol. The number of carbonyl (C=O) groups excluding carboxylic acids is 2. The number of amides is 2. The molecule has 1 spiro atoms. The van der Waals surface area contributed by atoms with Gasteiger partial charge < -0.3 is 24.0 Å². The smallest absolute Gasteiger partial charge is 0.285 e. The molecule has 2 saturated heterocycles. The first-order valence-corrected chi connectivity index (χ1v) is 21.7. The Kier molecular flexibility index (Phi) is 10.7. The maximum Gasteiger partial charge on any atom is 0.285 e. The Morgan fingerprint density at radius 3 is 2.72 bits per heavy atom. The van der Waals surface area contributed by atoms with Gasteiger partial charge in [-0.3, -0.25) is 14.5 Å². The normalized spacial score (nSPS) is 33.0. The lowest BCUT2D eigenvalue weighted by molar-refractivity contribution is -0.137. The van der Waals surface area contributed by atoms with Crippen LogP contribution in [0.5, 0.6) is 5.75 Å². The lowest BCUT2D eigenvalue weighted by Crippen LogP contribution is -2.63. The molecule has 4 heterocycles. The maximum atomic E-state index is 14.7. The summed E-state index contributed by atoms with van der Waals surface area (Å²) in [5.74, 6) is 0.590. The predicted molar refractivity (Wildman–Crippen MR) is 208 cm³/mol. The van der Waals surface area contributed by atoms with Crippen molar-refractivity contribution in [3.8, 4) is 5.75 Å². The number of nitrogens with zero attached hydrogens (tertiary/aromatic N) is 4. The van der Waals surface area contributed by atoms with Crippen molar-refractivity contribution in [1.29, 1.82) is 0 Å². The molecule has 2 aliphatic carbocycles. The van der Waals surface area contributed by atoms with Crippen LogP contribution in [0.25, 0.3) is 0 Å². The molecule has 2 aromatic rings. The molecule has 6 atom stereocenters. The van der Waals surface area contributed by atoms with Crippen molar-refractivity contribution in [2.24, 2.45) is 22.1 Å². The third kappa shape index (κ3) is 7.66. The SMILES string of the molecule is CO[C@H]1/C=C/C[C@H](C)C[S@@](=O)(CC(=O)N2CC(N3CCOCC3)C2)=NC(=O)c2ccc3c(c2)N(C[C@@H]2CC[C@H]21)C[C@@]1(CCCc2cc(Cl)ccc21)CO3. The van der Waals surface area contributed by atoms with Gasteiger partial charge in [-0.2, -0.15) is 4.36 Å². The van der Waals surface area contributed by atoms with Gasteiger partial charge in [0.15, 0.2) is 0 Å². The standard InChI is InChI=1S/C41H53ClN4O6S/c1-28-5-3-7-37(50-2)34-11-8-31(34)21-46-26-41(14-4-6-29-19-32(42)10-12-35(29)41)27-52-38-13-9-30(20-36(38)46)40(48)43-53(49,24-28)25-39(47)45-22-33(23-45)44-15-17-51-18-16-44/h3,7,9-10,12-13,19-20,28,31,33-34,37H,4-6,8,11,14-18,21-27H2,1-2H3/b7-3+/t28-,31-,34+,37-,41-,53+/m0/s1. The molecular weight excluding hydrogens is 712 g/mol. The van der Waals surface area contributed by atoms with Crippen LogP contribution in [0.2, 0.25) is 5.02 Å². The highest BCUT2D eigenvalue weighted by molar-refractivity contribution is 7.94. The summed E-state index contributed by atoms with van der Waals surface area (Å²) in [6, 6.07) is 12.1. The molecule has 4 aliphatic heterocycles. The number of ether oxygens (including phenoxy) is 3. The van der Waals surface area contributed by atoms with Crippen molar-refractivity contribution in [2.75, 3.05) is 82.6 Å². The molecule has 0 aromatic heterocycles. The molecule has 6 aliphatic rings. The fraction of sp³-hybridized carbons (Fsp3) is 0.610. The minimum absolute atomic E-state index is 0.0302. The number of hydrogen-bond donors (Lipinski definition) is 0. The zero-order chi connectivity index (χ0) is 36.7. The predicted octanol–water partition coefficient (Wildman–Crippen LogP) is 5.60. The molecule has 2 amide bonds. The second kappa shape index (κ2) is 15.3. The second-order valence-corrected chi connectivity index (χ2v) is 19.1. The highest BCUT2D eigenvalue weighted by atomic mass is 35.5. The summed E-state index contributed by atoms with van der Waals surface area (Å²) in [5.41, 5.74) is 3.55. The highest BCUT2D eigenvalue weighted by Crippen LogP contribution is 2.47. The Hall–Kier alpha value is -2.96. The van der Waals surface area contributed by atoms with Gasteiger partial charge in [-0.1, -0.05) is 36.7 Å². The van der Waals surface area contributed by atoms with Crippen LogP contribution in [0.3, 0.4) is 0 Å². The van der Waals surface area contributed by atoms with Gasteiger partial charge in [-0.05, 0) is 97.7 Å². The van der Waals surface area contributed by atoms with E-state index in [1.807, 2.05) is 25.1 Å². The van der Waals surface area contributed by atoms with Crippen molar-refractivity contribution < 1.29 is 28.0 Å². The number of hydrogen-bond acceptors (Lipinski definition) is 8. The summed E-state index contributed by atoms with van der Waals surface area (Å²) in [6.07, 6.45) is 10.1. The van der Waals surface area contributed by atoms with Gasteiger partial charge in [0.1, 0.15) is 11.5 Å². The number of fused-ring (bicyclic) bond motifs is 4. The second-order valence-electron chi connectivity index (χ2n) is 16.3. The summed E-state index contributed by atoms with van der Waals surface area (Å²) in [7, 11) is -1.44. The van der Waals surface area contributed by atoms with Crippen LogP contribution in [0, 0.1) is 17.8 Å². The van der Waals surface area contributed by atoms with Crippen LogP contribution < -0.4 is 9.64 Å². The van der Waals surface area contributed by atoms with Gasteiger partial charge in [0.2, 0.25) is 5.91 Å². The first-order valence-electron chi connectivity index (χ1n) is 19.5. The zero-order valence-corrected chi connectivity index (χ0v) is 32.6. The number of carbonyl (C=O) groups is 2. The number of benzene rings is 2. The Balaban J connectivity index is 1.12. The molecule has 0 radical (unpaired) electrons. The molecule has 0 unspecified atom stereocenters. The number of rotatable bonds is 4. The summed E-state index contributed by atoms with van der Waals surface area (Å²) < 4.78 is 37.5. The molecule has 8 rings (SSSR count). The first kappa shape index (κ1) is 37.0. The summed E-state index contributed by atoms with van der Waals surface area (Å²) in [4.78, 5) is 34.3. The van der Waals surface area contributed by atoms with E-state index in [4.69, 9.17) is 25.8 Å². The molecule has 1 saturated carbocycles. The van der Waals surface area contributed by atoms with E-state index < -0.39 is 15.6 Å². The lowest BCUT2D eigenvalue weighted by Gasteiger charge is -2.46. The molecule has 2 bridgehead atoms. The summed E-state index contributed by atoms with van der Waals surface area (Å²) in [5, 5.41) is 0.751. The molecule has 12 heteroatoms. The Morgan fingerprint density at radius 2 is 1.94 bits per heavy atom. The van der Waals surface area contributed by atoms with Crippen LogP contribution in [0.15, 0.2) is 52.9 Å². The van der Waals surface area contributed by atoms with E-state index in [2.05, 4.69) is 38.4 Å². The molecule has 2 aromatic carbocycles. The van der Waals surface area contributed by atoms with Gasteiger partial charge in [0, 0.05) is 74.2 Å². The molecule has 10 nitrogen and oxygen atoms in total. The Bertz CT molecular complexity index is 1870. The van der Waals surface area contributed by atoms with E-state index in [1.165, 1.54) is 11.1 Å². The van der Waals surface area contributed by atoms with Crippen LogP contribution in [-0.4, -0.2) is 116 Å². The van der Waals surface area contributed by atoms with Crippen LogP contribution in [-0.2, 0) is 35.8 Å². The van der Waals surface area contributed by atoms with Gasteiger partial charge in [0.05, 0.1) is 41.3 Å². The number of methoxy groups -OCH3 is 1. The van der Waals surface area contributed by atoms with Crippen LogP contribution >= 0.6 is 11.6 Å². The van der Waals surface area contributed by atoms with E-state index in [1.54, 1.807) is 18.1 Å². The van der Waals surface area contributed by atoms with E-state index in [9.17, 15) is 13.8 Å². The third-order valence-corrected chi connectivity index (χ3v) is 15.2. The van der Waals surface area contributed by atoms with E-state index in [0.717, 1.165) is 74.7 Å². The van der Waals surface area contributed by atoms with Gasteiger partial charge in [-0.15, -0.1) is 0 Å². The number of likely N-dealkylation sites (tertiary alicyclic amines) is 1. The number of aryl methyl sites for hydroxylation is 1. The minimum Gasteiger partial charge on any atom is -0.490 e. The van der Waals surface area contributed by atoms with Crippen molar-refractivity contribution >= 4 is 38.8 Å². The zero-order valence-electron chi connectivity index (χ0n) is 31.1. The van der Waals surface area contributed by atoms with E-state index >= 15 is 0 Å². The van der Waals surface area contributed by atoms with E-state index in [0.29, 0.717) is 56.7 Å². The first-order chi connectivity index (χ1) is 25.6. The topological polar surface area (TPSA) is 101 Å². The van der Waals surface area contributed by atoms with Gasteiger partial charge in [-0.25, -0.2) is 4.21 Å². The summed E-state index contributed by atoms with van der Waals surface area (Å²) >= 11 is 6.48. The quantitative estimate of drug-likeness (QED) is 0.371. The molecular formula is C41H53ClN4O6S. The number of morpholine rings is 1. The number of anilines is 1. The molecule has 286 valence electrons. The van der Waals surface area contributed by atoms with Crippen molar-refractivity contribution in [3.63, 3.8) is 0 Å². The Labute approximate surface area is 319 Å². The van der Waals surface area contributed by atoms with Gasteiger partial charge in [0.25, 0.3) is 5.91 Å². The van der Waals surface area contributed by atoms with E-state index in [-0.39, 0.29) is 40.9 Å². The van der Waals surface area contributed by atoms with Crippen LogP contribution in [0.1, 0.15) is 60.5 Å². The van der Waals surface area contributed by atoms with Crippen molar-refractivity contribution in [2.45, 2.75) is 63.0 Å². The fourth-order valence-electron chi connectivity index (χ4n) is 9.59. The highest BCUT2D eigenvalue weighted by Gasteiger charge is 2.45. The minimum atomic E-state index is -3.23. The number of allylic oxidation sites excluding steroid dienone is 1.